The van der Waals surface area contributed by atoms with Gasteiger partial charge in [0.1, 0.15) is 11.6 Å². The molecule has 0 saturated carbocycles. The van der Waals surface area contributed by atoms with Crippen molar-refractivity contribution in [1.29, 1.82) is 0 Å². The fourth-order valence-electron chi connectivity index (χ4n) is 3.34. The first-order valence-electron chi connectivity index (χ1n) is 9.06. The van der Waals surface area contributed by atoms with Crippen molar-refractivity contribution < 1.29 is 13.9 Å². The molecule has 26 heavy (non-hydrogen) atoms. The van der Waals surface area contributed by atoms with Crippen LogP contribution in [0.1, 0.15) is 24.0 Å². The second kappa shape index (κ2) is 8.81. The molecule has 1 amide bonds. The topological polar surface area (TPSA) is 41.6 Å². The normalized spacial score (nSPS) is 16.5. The Labute approximate surface area is 154 Å². The van der Waals surface area contributed by atoms with Crippen molar-refractivity contribution in [2.75, 3.05) is 20.2 Å². The van der Waals surface area contributed by atoms with Gasteiger partial charge in [0.15, 0.2) is 0 Å². The lowest BCUT2D eigenvalue weighted by Crippen LogP contribution is -2.44. The summed E-state index contributed by atoms with van der Waals surface area (Å²) in [6, 6.07) is 14.1. The Balaban J connectivity index is 1.74. The maximum Gasteiger partial charge on any atom is 0.240 e. The van der Waals surface area contributed by atoms with Crippen LogP contribution in [0.5, 0.6) is 5.75 Å². The van der Waals surface area contributed by atoms with Gasteiger partial charge in [-0.05, 0) is 49.6 Å². The highest BCUT2D eigenvalue weighted by molar-refractivity contribution is 5.82. The van der Waals surface area contributed by atoms with Crippen molar-refractivity contribution in [2.24, 2.45) is 0 Å². The standard InChI is InChI=1S/C21H25FN2O2/c1-26-20-7-3-2-5-17(20)15-24(21(25)19-6-4-13-23-19)14-12-16-8-10-18(22)11-9-16/h2-3,5,7-11,19,23H,4,6,12-15H2,1H3. The Morgan fingerprint density at radius 1 is 1.23 bits per heavy atom. The Hall–Kier alpha value is -2.40. The van der Waals surface area contributed by atoms with Crippen LogP contribution in [0.2, 0.25) is 0 Å². The summed E-state index contributed by atoms with van der Waals surface area (Å²) in [5.41, 5.74) is 2.00. The third-order valence-corrected chi connectivity index (χ3v) is 4.81. The number of hydrogen-bond acceptors (Lipinski definition) is 3. The molecular formula is C21H25FN2O2. The van der Waals surface area contributed by atoms with Crippen molar-refractivity contribution in [3.63, 3.8) is 0 Å². The molecule has 0 bridgehead atoms. The Morgan fingerprint density at radius 3 is 2.69 bits per heavy atom. The molecule has 1 saturated heterocycles. The van der Waals surface area contributed by atoms with Crippen molar-refractivity contribution in [2.45, 2.75) is 31.8 Å². The highest BCUT2D eigenvalue weighted by Crippen LogP contribution is 2.21. The van der Waals surface area contributed by atoms with Crippen LogP contribution < -0.4 is 10.1 Å². The summed E-state index contributed by atoms with van der Waals surface area (Å²) in [7, 11) is 1.64. The number of methoxy groups -OCH3 is 1. The van der Waals surface area contributed by atoms with Gasteiger partial charge in [-0.3, -0.25) is 4.79 Å². The number of halogens is 1. The molecule has 138 valence electrons. The van der Waals surface area contributed by atoms with Gasteiger partial charge in [-0.25, -0.2) is 4.39 Å². The van der Waals surface area contributed by atoms with Crippen LogP contribution >= 0.6 is 0 Å². The van der Waals surface area contributed by atoms with E-state index in [1.807, 2.05) is 29.2 Å². The van der Waals surface area contributed by atoms with Gasteiger partial charge in [-0.2, -0.15) is 0 Å². The minimum Gasteiger partial charge on any atom is -0.496 e. The fraction of sp³-hybridized carbons (Fsp3) is 0.381. The zero-order chi connectivity index (χ0) is 18.4. The maximum absolute atomic E-state index is 13.1. The average molecular weight is 356 g/mol. The van der Waals surface area contributed by atoms with E-state index >= 15 is 0 Å². The Kier molecular flexibility index (Phi) is 6.23. The second-order valence-electron chi connectivity index (χ2n) is 6.60. The quantitative estimate of drug-likeness (QED) is 0.829. The summed E-state index contributed by atoms with van der Waals surface area (Å²) in [5, 5.41) is 3.28. The molecule has 1 aliphatic rings. The number of para-hydroxylation sites is 1. The Morgan fingerprint density at radius 2 is 2.00 bits per heavy atom. The molecule has 1 atom stereocenters. The molecule has 4 nitrogen and oxygen atoms in total. The van der Waals surface area contributed by atoms with Crippen LogP contribution in [0.4, 0.5) is 4.39 Å². The van der Waals surface area contributed by atoms with E-state index in [0.29, 0.717) is 19.5 Å². The lowest BCUT2D eigenvalue weighted by Gasteiger charge is -2.26. The summed E-state index contributed by atoms with van der Waals surface area (Å²) in [6.07, 6.45) is 2.59. The summed E-state index contributed by atoms with van der Waals surface area (Å²) in [5.74, 6) is 0.660. The minimum absolute atomic E-state index is 0.113. The molecule has 3 rings (SSSR count). The molecule has 2 aromatic carbocycles. The van der Waals surface area contributed by atoms with Crippen molar-refractivity contribution in [3.05, 3.63) is 65.5 Å². The van der Waals surface area contributed by atoms with Crippen molar-refractivity contribution >= 4 is 5.91 Å². The molecule has 1 fully saturated rings. The lowest BCUT2D eigenvalue weighted by atomic mass is 10.1. The first-order valence-corrected chi connectivity index (χ1v) is 9.06. The van der Waals surface area contributed by atoms with Crippen LogP contribution in [-0.2, 0) is 17.8 Å². The maximum atomic E-state index is 13.1. The van der Waals surface area contributed by atoms with Crippen LogP contribution in [0.15, 0.2) is 48.5 Å². The van der Waals surface area contributed by atoms with Crippen LogP contribution in [0, 0.1) is 5.82 Å². The number of amides is 1. The lowest BCUT2D eigenvalue weighted by molar-refractivity contribution is -0.133. The number of carbonyl (C=O) groups is 1. The van der Waals surface area contributed by atoms with Crippen LogP contribution in [0.3, 0.4) is 0 Å². The number of nitrogens with one attached hydrogen (secondary N) is 1. The first-order chi connectivity index (χ1) is 12.7. The van der Waals surface area contributed by atoms with E-state index < -0.39 is 0 Å². The number of rotatable bonds is 7. The molecule has 5 heteroatoms. The van der Waals surface area contributed by atoms with Gasteiger partial charge in [0.05, 0.1) is 13.2 Å². The largest absolute Gasteiger partial charge is 0.496 e. The number of carbonyl (C=O) groups excluding carboxylic acids is 1. The molecule has 1 heterocycles. The SMILES string of the molecule is COc1ccccc1CN(CCc1ccc(F)cc1)C(=O)C1CCCN1. The molecule has 0 radical (unpaired) electrons. The van der Waals surface area contributed by atoms with E-state index in [1.54, 1.807) is 19.2 Å². The van der Waals surface area contributed by atoms with E-state index in [4.69, 9.17) is 4.74 Å². The molecule has 0 aromatic heterocycles. The average Bonchev–Trinajstić information content (AvgIpc) is 3.21. The monoisotopic (exact) mass is 356 g/mol. The molecule has 0 spiro atoms. The zero-order valence-electron chi connectivity index (χ0n) is 15.1. The summed E-state index contributed by atoms with van der Waals surface area (Å²) in [4.78, 5) is 14.9. The first kappa shape index (κ1) is 18.4. The van der Waals surface area contributed by atoms with E-state index in [2.05, 4.69) is 5.32 Å². The van der Waals surface area contributed by atoms with Gasteiger partial charge in [0, 0.05) is 18.7 Å². The molecule has 1 unspecified atom stereocenters. The van der Waals surface area contributed by atoms with Gasteiger partial charge < -0.3 is 15.0 Å². The molecule has 0 aliphatic carbocycles. The van der Waals surface area contributed by atoms with Gasteiger partial charge in [-0.15, -0.1) is 0 Å². The fourth-order valence-corrected chi connectivity index (χ4v) is 3.34. The van der Waals surface area contributed by atoms with Gasteiger partial charge in [-0.1, -0.05) is 30.3 Å². The predicted octanol–water partition coefficient (Wildman–Crippen LogP) is 3.16. The zero-order valence-corrected chi connectivity index (χ0v) is 15.1. The van der Waals surface area contributed by atoms with Crippen molar-refractivity contribution in [1.82, 2.24) is 10.2 Å². The summed E-state index contributed by atoms with van der Waals surface area (Å²) in [6.45, 7) is 1.97. The second-order valence-corrected chi connectivity index (χ2v) is 6.60. The van der Waals surface area contributed by atoms with Crippen molar-refractivity contribution in [3.8, 4) is 5.75 Å². The van der Waals surface area contributed by atoms with Gasteiger partial charge in [0.25, 0.3) is 0 Å². The van der Waals surface area contributed by atoms with E-state index in [1.165, 1.54) is 12.1 Å². The van der Waals surface area contributed by atoms with E-state index in [0.717, 1.165) is 36.3 Å². The van der Waals surface area contributed by atoms with E-state index in [9.17, 15) is 9.18 Å². The van der Waals surface area contributed by atoms with Crippen LogP contribution in [-0.4, -0.2) is 37.0 Å². The highest BCUT2D eigenvalue weighted by Gasteiger charge is 2.27. The number of benzene rings is 2. The van der Waals surface area contributed by atoms with Gasteiger partial charge >= 0.3 is 0 Å². The number of hydrogen-bond donors (Lipinski definition) is 1. The minimum atomic E-state index is -0.245. The molecular weight excluding hydrogens is 331 g/mol. The molecule has 1 N–H and O–H groups in total. The van der Waals surface area contributed by atoms with E-state index in [-0.39, 0.29) is 17.8 Å². The molecule has 2 aromatic rings. The van der Waals surface area contributed by atoms with Gasteiger partial charge in [0.2, 0.25) is 5.91 Å². The predicted molar refractivity (Wildman–Crippen MR) is 99.5 cm³/mol. The summed E-state index contributed by atoms with van der Waals surface area (Å²) >= 11 is 0. The van der Waals surface area contributed by atoms with Crippen LogP contribution in [0.25, 0.3) is 0 Å². The third-order valence-electron chi connectivity index (χ3n) is 4.81. The Bertz CT molecular complexity index is 727. The number of ether oxygens (including phenoxy) is 1. The highest BCUT2D eigenvalue weighted by atomic mass is 19.1. The summed E-state index contributed by atoms with van der Waals surface area (Å²) < 4.78 is 18.5. The number of nitrogens with zero attached hydrogens (tertiary/aromatic N) is 1. The third kappa shape index (κ3) is 4.61. The molecule has 1 aliphatic heterocycles. The smallest absolute Gasteiger partial charge is 0.240 e.